The van der Waals surface area contributed by atoms with Crippen molar-refractivity contribution in [3.8, 4) is 0 Å². The summed E-state index contributed by atoms with van der Waals surface area (Å²) in [6.07, 6.45) is 5.86. The molecule has 0 aromatic carbocycles. The number of hydrogen-bond donors (Lipinski definition) is 1. The minimum Gasteiger partial charge on any atom is -0.316 e. The fourth-order valence-electron chi connectivity index (χ4n) is 4.02. The van der Waals surface area contributed by atoms with Crippen LogP contribution < -0.4 is 5.32 Å². The highest BCUT2D eigenvalue weighted by atomic mass is 15.3. The zero-order chi connectivity index (χ0) is 12.4. The van der Waals surface area contributed by atoms with Gasteiger partial charge in [-0.1, -0.05) is 19.8 Å². The lowest BCUT2D eigenvalue weighted by molar-refractivity contribution is 0.0855. The molecular weight excluding hydrogens is 222 g/mol. The Morgan fingerprint density at radius 3 is 2.33 bits per heavy atom. The van der Waals surface area contributed by atoms with E-state index in [1.807, 2.05) is 0 Å². The standard InChI is InChI=1S/C15H29N3/c1-13-10-16-11-14(13)12-17-6-8-18(9-7-17)15-4-2-3-5-15/h13-16H,2-12H2,1H3/t13-,14+/m1/s1. The van der Waals surface area contributed by atoms with Crippen molar-refractivity contribution in [2.75, 3.05) is 45.8 Å². The second kappa shape index (κ2) is 5.89. The zero-order valence-electron chi connectivity index (χ0n) is 11.9. The monoisotopic (exact) mass is 251 g/mol. The summed E-state index contributed by atoms with van der Waals surface area (Å²) < 4.78 is 0. The Labute approximate surface area is 112 Å². The average molecular weight is 251 g/mol. The number of hydrogen-bond acceptors (Lipinski definition) is 3. The third-order valence-corrected chi connectivity index (χ3v) is 5.42. The van der Waals surface area contributed by atoms with Gasteiger partial charge >= 0.3 is 0 Å². The minimum atomic E-state index is 0.873. The summed E-state index contributed by atoms with van der Waals surface area (Å²) >= 11 is 0. The topological polar surface area (TPSA) is 18.5 Å². The van der Waals surface area contributed by atoms with Gasteiger partial charge in [0, 0.05) is 38.8 Å². The second-order valence-electron chi connectivity index (χ2n) is 6.67. The first-order valence-electron chi connectivity index (χ1n) is 8.00. The molecule has 2 saturated heterocycles. The van der Waals surface area contributed by atoms with Crippen LogP contribution in [0.5, 0.6) is 0 Å². The van der Waals surface area contributed by atoms with Crippen LogP contribution in [0.1, 0.15) is 32.6 Å². The fraction of sp³-hybridized carbons (Fsp3) is 1.00. The third kappa shape index (κ3) is 2.89. The molecule has 0 aromatic rings. The molecule has 0 unspecified atom stereocenters. The van der Waals surface area contributed by atoms with Gasteiger partial charge in [-0.2, -0.15) is 0 Å². The summed E-state index contributed by atoms with van der Waals surface area (Å²) in [5, 5.41) is 3.53. The van der Waals surface area contributed by atoms with Crippen molar-refractivity contribution < 1.29 is 0 Å². The van der Waals surface area contributed by atoms with Crippen LogP contribution in [-0.2, 0) is 0 Å². The normalized spacial score (nSPS) is 36.5. The van der Waals surface area contributed by atoms with E-state index < -0.39 is 0 Å². The molecule has 1 saturated carbocycles. The summed E-state index contributed by atoms with van der Waals surface area (Å²) in [4.78, 5) is 5.47. The van der Waals surface area contributed by atoms with Crippen LogP contribution in [0.15, 0.2) is 0 Å². The van der Waals surface area contributed by atoms with Gasteiger partial charge in [-0.15, -0.1) is 0 Å². The molecule has 0 radical (unpaired) electrons. The summed E-state index contributed by atoms with van der Waals surface area (Å²) in [6.45, 7) is 11.4. The van der Waals surface area contributed by atoms with E-state index in [0.717, 1.165) is 17.9 Å². The van der Waals surface area contributed by atoms with E-state index in [4.69, 9.17) is 0 Å². The van der Waals surface area contributed by atoms with E-state index >= 15 is 0 Å². The summed E-state index contributed by atoms with van der Waals surface area (Å²) in [6, 6.07) is 0.930. The molecule has 0 bridgehead atoms. The van der Waals surface area contributed by atoms with Gasteiger partial charge in [0.1, 0.15) is 0 Å². The fourth-order valence-corrected chi connectivity index (χ4v) is 4.02. The predicted octanol–water partition coefficient (Wildman–Crippen LogP) is 1.40. The molecule has 1 aliphatic carbocycles. The Morgan fingerprint density at radius 2 is 1.72 bits per heavy atom. The van der Waals surface area contributed by atoms with Crippen molar-refractivity contribution in [2.45, 2.75) is 38.6 Å². The van der Waals surface area contributed by atoms with Crippen LogP contribution in [0.3, 0.4) is 0 Å². The summed E-state index contributed by atoms with van der Waals surface area (Å²) in [5.41, 5.74) is 0. The highest BCUT2D eigenvalue weighted by Crippen LogP contribution is 2.25. The second-order valence-corrected chi connectivity index (χ2v) is 6.67. The molecule has 104 valence electrons. The molecule has 3 heteroatoms. The Balaban J connectivity index is 1.42. The SMILES string of the molecule is C[C@@H]1CNC[C@H]1CN1CCN(C2CCCC2)CC1. The molecule has 1 N–H and O–H groups in total. The van der Waals surface area contributed by atoms with Crippen LogP contribution in [0.25, 0.3) is 0 Å². The Hall–Kier alpha value is -0.120. The zero-order valence-corrected chi connectivity index (χ0v) is 11.9. The first kappa shape index (κ1) is 12.9. The molecule has 3 rings (SSSR count). The molecule has 3 aliphatic rings. The molecular formula is C15H29N3. The highest BCUT2D eigenvalue weighted by Gasteiger charge is 2.29. The van der Waals surface area contributed by atoms with E-state index in [2.05, 4.69) is 22.0 Å². The van der Waals surface area contributed by atoms with Crippen molar-refractivity contribution in [2.24, 2.45) is 11.8 Å². The van der Waals surface area contributed by atoms with Crippen molar-refractivity contribution in [3.05, 3.63) is 0 Å². The molecule has 18 heavy (non-hydrogen) atoms. The maximum absolute atomic E-state index is 3.53. The first-order valence-corrected chi connectivity index (χ1v) is 8.00. The van der Waals surface area contributed by atoms with E-state index in [0.29, 0.717) is 0 Å². The maximum Gasteiger partial charge on any atom is 0.0113 e. The molecule has 0 spiro atoms. The van der Waals surface area contributed by atoms with Gasteiger partial charge in [-0.05, 0) is 37.8 Å². The molecule has 3 nitrogen and oxygen atoms in total. The number of rotatable bonds is 3. The van der Waals surface area contributed by atoms with Crippen LogP contribution in [0.2, 0.25) is 0 Å². The number of piperazine rings is 1. The van der Waals surface area contributed by atoms with Crippen molar-refractivity contribution in [3.63, 3.8) is 0 Å². The van der Waals surface area contributed by atoms with Crippen LogP contribution in [-0.4, -0.2) is 61.7 Å². The molecule has 0 aromatic heterocycles. The number of nitrogens with one attached hydrogen (secondary N) is 1. The largest absolute Gasteiger partial charge is 0.316 e. The summed E-state index contributed by atoms with van der Waals surface area (Å²) in [7, 11) is 0. The lowest BCUT2D eigenvalue weighted by Crippen LogP contribution is -2.51. The molecule has 2 heterocycles. The van der Waals surface area contributed by atoms with Crippen molar-refractivity contribution in [1.29, 1.82) is 0 Å². The van der Waals surface area contributed by atoms with Crippen LogP contribution in [0, 0.1) is 11.8 Å². The van der Waals surface area contributed by atoms with Crippen LogP contribution >= 0.6 is 0 Å². The quantitative estimate of drug-likeness (QED) is 0.818. The first-order chi connectivity index (χ1) is 8.83. The predicted molar refractivity (Wildman–Crippen MR) is 75.8 cm³/mol. The average Bonchev–Trinajstić information content (AvgIpc) is 3.03. The van der Waals surface area contributed by atoms with Gasteiger partial charge in [-0.25, -0.2) is 0 Å². The van der Waals surface area contributed by atoms with Gasteiger partial charge < -0.3 is 10.2 Å². The molecule has 2 atom stereocenters. The number of nitrogens with zero attached hydrogens (tertiary/aromatic N) is 2. The lowest BCUT2D eigenvalue weighted by atomic mass is 9.97. The minimum absolute atomic E-state index is 0.873. The van der Waals surface area contributed by atoms with E-state index in [-0.39, 0.29) is 0 Å². The highest BCUT2D eigenvalue weighted by molar-refractivity contribution is 4.85. The van der Waals surface area contributed by atoms with Gasteiger partial charge in [-0.3, -0.25) is 4.90 Å². The maximum atomic E-state index is 3.53. The van der Waals surface area contributed by atoms with Crippen LogP contribution in [0.4, 0.5) is 0 Å². The van der Waals surface area contributed by atoms with Gasteiger partial charge in [0.2, 0.25) is 0 Å². The molecule has 2 aliphatic heterocycles. The smallest absolute Gasteiger partial charge is 0.0113 e. The summed E-state index contributed by atoms with van der Waals surface area (Å²) in [5.74, 6) is 1.76. The van der Waals surface area contributed by atoms with Gasteiger partial charge in [0.25, 0.3) is 0 Å². The Bertz CT molecular complexity index is 254. The molecule has 3 fully saturated rings. The van der Waals surface area contributed by atoms with Gasteiger partial charge in [0.15, 0.2) is 0 Å². The molecule has 0 amide bonds. The van der Waals surface area contributed by atoms with Gasteiger partial charge in [0.05, 0.1) is 0 Å². The van der Waals surface area contributed by atoms with E-state index in [9.17, 15) is 0 Å². The van der Waals surface area contributed by atoms with E-state index in [1.54, 1.807) is 0 Å². The van der Waals surface area contributed by atoms with Crippen molar-refractivity contribution >= 4 is 0 Å². The Kier molecular flexibility index (Phi) is 4.22. The third-order valence-electron chi connectivity index (χ3n) is 5.42. The van der Waals surface area contributed by atoms with E-state index in [1.165, 1.54) is 71.5 Å². The lowest BCUT2D eigenvalue weighted by Gasteiger charge is -2.39. The Morgan fingerprint density at radius 1 is 1.00 bits per heavy atom. The van der Waals surface area contributed by atoms with Crippen molar-refractivity contribution in [1.82, 2.24) is 15.1 Å².